The average molecular weight is 431 g/mol. The lowest BCUT2D eigenvalue weighted by atomic mass is 10.3. The van der Waals surface area contributed by atoms with E-state index in [4.69, 9.17) is 9.47 Å². The van der Waals surface area contributed by atoms with Gasteiger partial charge in [-0.1, -0.05) is 27.2 Å². The molecule has 2 aromatic heterocycles. The Morgan fingerprint density at radius 1 is 0.806 bits per heavy atom. The Kier molecular flexibility index (Phi) is 11.2. The molecule has 2 saturated heterocycles. The van der Waals surface area contributed by atoms with Crippen LogP contribution in [0.5, 0.6) is 0 Å². The highest BCUT2D eigenvalue weighted by Crippen LogP contribution is 2.14. The van der Waals surface area contributed by atoms with Gasteiger partial charge in [-0.2, -0.15) is 0 Å². The monoisotopic (exact) mass is 430 g/mol. The van der Waals surface area contributed by atoms with Crippen LogP contribution >= 0.6 is 0 Å². The van der Waals surface area contributed by atoms with Crippen molar-refractivity contribution in [2.24, 2.45) is 0 Å². The van der Waals surface area contributed by atoms with Crippen LogP contribution in [0.4, 0.5) is 11.6 Å². The van der Waals surface area contributed by atoms with Gasteiger partial charge in [-0.3, -0.25) is 0 Å². The lowest BCUT2D eigenvalue weighted by molar-refractivity contribution is 0.122. The predicted molar refractivity (Wildman–Crippen MR) is 125 cm³/mol. The summed E-state index contributed by atoms with van der Waals surface area (Å²) in [6.07, 6.45) is 3.94. The summed E-state index contributed by atoms with van der Waals surface area (Å²) in [4.78, 5) is 21.8. The highest BCUT2D eigenvalue weighted by atomic mass is 16.5. The largest absolute Gasteiger partial charge is 0.378 e. The quantitative estimate of drug-likeness (QED) is 0.735. The third-order valence-electron chi connectivity index (χ3n) is 4.63. The molecule has 2 fully saturated rings. The third kappa shape index (κ3) is 8.75. The maximum atomic E-state index is 5.32. The molecule has 0 N–H and O–H groups in total. The molecular formula is C23H38N6O2. The number of hydrogen-bond donors (Lipinski definition) is 0. The van der Waals surface area contributed by atoms with Crippen LogP contribution in [0.25, 0.3) is 0 Å². The molecule has 2 aliphatic heterocycles. The number of aromatic nitrogens is 4. The van der Waals surface area contributed by atoms with Gasteiger partial charge >= 0.3 is 0 Å². The van der Waals surface area contributed by atoms with Gasteiger partial charge in [0.15, 0.2) is 0 Å². The van der Waals surface area contributed by atoms with Crippen LogP contribution in [-0.2, 0) is 15.9 Å². The Morgan fingerprint density at radius 2 is 1.35 bits per heavy atom. The summed E-state index contributed by atoms with van der Waals surface area (Å²) in [5.74, 6) is 3.80. The van der Waals surface area contributed by atoms with Crippen LogP contribution in [-0.4, -0.2) is 72.5 Å². The van der Waals surface area contributed by atoms with Crippen molar-refractivity contribution in [3.8, 4) is 0 Å². The van der Waals surface area contributed by atoms with Gasteiger partial charge in [0, 0.05) is 50.6 Å². The minimum Gasteiger partial charge on any atom is -0.378 e. The van der Waals surface area contributed by atoms with Gasteiger partial charge in [-0.25, -0.2) is 19.9 Å². The van der Waals surface area contributed by atoms with Crippen LogP contribution in [0, 0.1) is 13.8 Å². The molecule has 31 heavy (non-hydrogen) atoms. The Bertz CT molecular complexity index is 761. The van der Waals surface area contributed by atoms with Gasteiger partial charge in [0.25, 0.3) is 0 Å². The second-order valence-electron chi connectivity index (χ2n) is 7.51. The fourth-order valence-electron chi connectivity index (χ4n) is 3.14. The highest BCUT2D eigenvalue weighted by Gasteiger charge is 2.13. The van der Waals surface area contributed by atoms with E-state index in [9.17, 15) is 0 Å². The van der Waals surface area contributed by atoms with E-state index >= 15 is 0 Å². The van der Waals surface area contributed by atoms with Gasteiger partial charge in [0.05, 0.1) is 26.4 Å². The van der Waals surface area contributed by atoms with E-state index in [1.807, 2.05) is 26.0 Å². The van der Waals surface area contributed by atoms with Crippen molar-refractivity contribution >= 4 is 11.6 Å². The van der Waals surface area contributed by atoms with E-state index < -0.39 is 0 Å². The number of rotatable bonds is 3. The minimum absolute atomic E-state index is 0.795. The van der Waals surface area contributed by atoms with Gasteiger partial charge in [0.2, 0.25) is 0 Å². The Hall–Kier alpha value is -2.32. The first-order chi connectivity index (χ1) is 15.1. The SMILES string of the molecule is CCC.CCc1nc(C)cc(N2CCOCC2)n1.Cc1nccc(N2CCOCC2)n1. The normalized spacial score (nSPS) is 16.0. The molecule has 0 unspecified atom stereocenters. The first-order valence-corrected chi connectivity index (χ1v) is 11.4. The van der Waals surface area contributed by atoms with Crippen molar-refractivity contribution < 1.29 is 9.47 Å². The molecule has 172 valence electrons. The third-order valence-corrected chi connectivity index (χ3v) is 4.63. The van der Waals surface area contributed by atoms with Crippen molar-refractivity contribution in [1.29, 1.82) is 0 Å². The summed E-state index contributed by atoms with van der Waals surface area (Å²) in [5, 5.41) is 0. The van der Waals surface area contributed by atoms with E-state index in [0.717, 1.165) is 88.0 Å². The second kappa shape index (κ2) is 13.9. The van der Waals surface area contributed by atoms with Crippen molar-refractivity contribution in [1.82, 2.24) is 19.9 Å². The van der Waals surface area contributed by atoms with Gasteiger partial charge < -0.3 is 19.3 Å². The van der Waals surface area contributed by atoms with Gasteiger partial charge in [-0.15, -0.1) is 0 Å². The van der Waals surface area contributed by atoms with Crippen molar-refractivity contribution in [3.05, 3.63) is 35.7 Å². The molecule has 8 heteroatoms. The highest BCUT2D eigenvalue weighted by molar-refractivity contribution is 5.40. The standard InChI is InChI=1S/C11H17N3O.C9H13N3O.C3H8/c1-3-10-12-9(2)8-11(13-10)14-4-6-15-7-5-14;1-8-10-3-2-9(11-8)12-4-6-13-7-5-12;1-3-2/h8H,3-7H2,1-2H3;2-3H,4-7H2,1H3;3H2,1-2H3. The van der Waals surface area contributed by atoms with E-state index in [-0.39, 0.29) is 0 Å². The minimum atomic E-state index is 0.795. The fourth-order valence-corrected chi connectivity index (χ4v) is 3.14. The molecule has 4 rings (SSSR count). The number of nitrogens with zero attached hydrogens (tertiary/aromatic N) is 6. The number of anilines is 2. The van der Waals surface area contributed by atoms with Crippen LogP contribution in [0.15, 0.2) is 18.3 Å². The maximum absolute atomic E-state index is 5.32. The van der Waals surface area contributed by atoms with Crippen LogP contribution < -0.4 is 9.80 Å². The van der Waals surface area contributed by atoms with Crippen LogP contribution in [0.1, 0.15) is 44.5 Å². The fraction of sp³-hybridized carbons (Fsp3) is 0.652. The zero-order chi connectivity index (χ0) is 22.5. The molecule has 0 spiro atoms. The lowest BCUT2D eigenvalue weighted by Gasteiger charge is -2.28. The molecule has 0 amide bonds. The molecule has 0 aromatic carbocycles. The van der Waals surface area contributed by atoms with Crippen molar-refractivity contribution in [3.63, 3.8) is 0 Å². The molecule has 0 bridgehead atoms. The Balaban J connectivity index is 0.000000197. The smallest absolute Gasteiger partial charge is 0.132 e. The summed E-state index contributed by atoms with van der Waals surface area (Å²) in [6.45, 7) is 17.2. The van der Waals surface area contributed by atoms with E-state index in [0.29, 0.717) is 0 Å². The second-order valence-corrected chi connectivity index (χ2v) is 7.51. The molecule has 0 radical (unpaired) electrons. The van der Waals surface area contributed by atoms with Crippen molar-refractivity contribution in [2.45, 2.75) is 47.5 Å². The first kappa shape index (κ1) is 24.9. The summed E-state index contributed by atoms with van der Waals surface area (Å²) < 4.78 is 10.6. The molecule has 8 nitrogen and oxygen atoms in total. The molecule has 0 atom stereocenters. The lowest BCUT2D eigenvalue weighted by Crippen LogP contribution is -2.37. The molecule has 4 heterocycles. The first-order valence-electron chi connectivity index (χ1n) is 11.4. The number of hydrogen-bond acceptors (Lipinski definition) is 8. The van der Waals surface area contributed by atoms with E-state index in [2.05, 4.69) is 50.5 Å². The van der Waals surface area contributed by atoms with Crippen molar-refractivity contribution in [2.75, 3.05) is 62.4 Å². The zero-order valence-electron chi connectivity index (χ0n) is 19.8. The van der Waals surface area contributed by atoms with Gasteiger partial charge in [0.1, 0.15) is 23.3 Å². The molecule has 2 aromatic rings. The Labute approximate surface area is 187 Å². The van der Waals surface area contributed by atoms with E-state index in [1.165, 1.54) is 6.42 Å². The van der Waals surface area contributed by atoms with E-state index in [1.54, 1.807) is 6.20 Å². The molecule has 0 aliphatic carbocycles. The maximum Gasteiger partial charge on any atom is 0.132 e. The summed E-state index contributed by atoms with van der Waals surface area (Å²) >= 11 is 0. The average Bonchev–Trinajstić information content (AvgIpc) is 2.81. The number of morpholine rings is 2. The van der Waals surface area contributed by atoms with Gasteiger partial charge in [-0.05, 0) is 19.9 Å². The molecule has 0 saturated carbocycles. The van der Waals surface area contributed by atoms with Crippen LogP contribution in [0.2, 0.25) is 0 Å². The number of ether oxygens (including phenoxy) is 2. The predicted octanol–water partition coefficient (Wildman–Crippen LogP) is 3.22. The summed E-state index contributed by atoms with van der Waals surface area (Å²) in [6, 6.07) is 3.99. The molecule has 2 aliphatic rings. The summed E-state index contributed by atoms with van der Waals surface area (Å²) in [7, 11) is 0. The Morgan fingerprint density at radius 3 is 1.87 bits per heavy atom. The summed E-state index contributed by atoms with van der Waals surface area (Å²) in [5.41, 5.74) is 1.04. The number of aryl methyl sites for hydroxylation is 3. The zero-order valence-corrected chi connectivity index (χ0v) is 19.8. The topological polar surface area (TPSA) is 76.5 Å². The van der Waals surface area contributed by atoms with Crippen LogP contribution in [0.3, 0.4) is 0 Å². The molecular weight excluding hydrogens is 392 g/mol.